The molecule has 22 heavy (non-hydrogen) atoms. The molecule has 2 atom stereocenters. The summed E-state index contributed by atoms with van der Waals surface area (Å²) in [4.78, 5) is 0. The molecule has 116 valence electrons. The molecule has 0 bridgehead atoms. The first-order valence-corrected chi connectivity index (χ1v) is 7.07. The fourth-order valence-electron chi connectivity index (χ4n) is 2.82. The number of rotatable bonds is 1. The molecule has 0 saturated heterocycles. The van der Waals surface area contributed by atoms with Crippen molar-refractivity contribution in [1.82, 2.24) is 0 Å². The van der Waals surface area contributed by atoms with E-state index in [0.717, 1.165) is 16.7 Å². The van der Waals surface area contributed by atoms with E-state index in [9.17, 15) is 20.4 Å². The van der Waals surface area contributed by atoms with Crippen molar-refractivity contribution in [3.8, 4) is 23.0 Å². The van der Waals surface area contributed by atoms with Gasteiger partial charge in [-0.1, -0.05) is 6.07 Å². The second-order valence-electron chi connectivity index (χ2n) is 5.68. The van der Waals surface area contributed by atoms with Crippen LogP contribution in [0.4, 0.5) is 0 Å². The molecule has 0 aliphatic carbocycles. The van der Waals surface area contributed by atoms with Crippen LogP contribution in [-0.2, 0) is 6.42 Å². The number of aromatic hydroxyl groups is 3. The van der Waals surface area contributed by atoms with E-state index >= 15 is 0 Å². The molecule has 1 unspecified atom stereocenters. The summed E-state index contributed by atoms with van der Waals surface area (Å²) in [6.07, 6.45) is -1.05. The Kier molecular flexibility index (Phi) is 3.37. The van der Waals surface area contributed by atoms with Gasteiger partial charge < -0.3 is 25.2 Å². The number of hydrogen-bond donors (Lipinski definition) is 4. The molecule has 4 N–H and O–H groups in total. The van der Waals surface area contributed by atoms with Gasteiger partial charge in [0.25, 0.3) is 0 Å². The Morgan fingerprint density at radius 2 is 1.68 bits per heavy atom. The summed E-state index contributed by atoms with van der Waals surface area (Å²) >= 11 is 0. The van der Waals surface area contributed by atoms with E-state index in [-0.39, 0.29) is 17.2 Å². The lowest BCUT2D eigenvalue weighted by Crippen LogP contribution is -2.30. The standard InChI is InChI=1S/C17H18O5/c1-8-9(2)13(19)7-16-11(8)6-15(21)17(22-16)10-3-4-12(18)14(20)5-10/h3-5,7,15,17-21H,6H2,1-2H3/t15?,17-/m0/s1. The number of hydrogen-bond acceptors (Lipinski definition) is 5. The van der Waals surface area contributed by atoms with Crippen LogP contribution in [0, 0.1) is 13.8 Å². The predicted molar refractivity (Wildman–Crippen MR) is 80.4 cm³/mol. The molecule has 5 nitrogen and oxygen atoms in total. The van der Waals surface area contributed by atoms with Gasteiger partial charge in [-0.15, -0.1) is 0 Å². The smallest absolute Gasteiger partial charge is 0.157 e. The van der Waals surface area contributed by atoms with E-state index in [1.54, 1.807) is 12.1 Å². The Morgan fingerprint density at radius 1 is 0.955 bits per heavy atom. The molecule has 2 aromatic rings. The van der Waals surface area contributed by atoms with E-state index in [2.05, 4.69) is 0 Å². The second-order valence-corrected chi connectivity index (χ2v) is 5.68. The van der Waals surface area contributed by atoms with Crippen LogP contribution >= 0.6 is 0 Å². The van der Waals surface area contributed by atoms with Crippen LogP contribution in [-0.4, -0.2) is 26.5 Å². The molecular weight excluding hydrogens is 284 g/mol. The van der Waals surface area contributed by atoms with E-state index in [0.29, 0.717) is 17.7 Å². The Bertz CT molecular complexity index is 738. The third-order valence-electron chi connectivity index (χ3n) is 4.31. The van der Waals surface area contributed by atoms with Gasteiger partial charge in [0.05, 0.1) is 6.10 Å². The highest BCUT2D eigenvalue weighted by Gasteiger charge is 2.32. The summed E-state index contributed by atoms with van der Waals surface area (Å²) in [7, 11) is 0. The highest BCUT2D eigenvalue weighted by Crippen LogP contribution is 2.41. The van der Waals surface area contributed by atoms with Crippen molar-refractivity contribution in [2.24, 2.45) is 0 Å². The Morgan fingerprint density at radius 3 is 2.36 bits per heavy atom. The quantitative estimate of drug-likeness (QED) is 0.608. The molecule has 0 spiro atoms. The van der Waals surface area contributed by atoms with Gasteiger partial charge in [0.1, 0.15) is 17.6 Å². The van der Waals surface area contributed by atoms with Crippen molar-refractivity contribution in [3.63, 3.8) is 0 Å². The first-order chi connectivity index (χ1) is 10.4. The first kappa shape index (κ1) is 14.5. The van der Waals surface area contributed by atoms with Gasteiger partial charge in [-0.2, -0.15) is 0 Å². The maximum atomic E-state index is 10.4. The lowest BCUT2D eigenvalue weighted by molar-refractivity contribution is 0.0202. The zero-order valence-corrected chi connectivity index (χ0v) is 12.4. The second kappa shape index (κ2) is 5.10. The van der Waals surface area contributed by atoms with Crippen LogP contribution in [0.25, 0.3) is 0 Å². The molecule has 3 rings (SSSR count). The van der Waals surface area contributed by atoms with Crippen LogP contribution in [0.5, 0.6) is 23.0 Å². The van der Waals surface area contributed by atoms with Crippen LogP contribution in [0.15, 0.2) is 24.3 Å². The SMILES string of the molecule is Cc1c(O)cc2c(c1C)CC(O)[C@H](c1ccc(O)c(O)c1)O2. The first-order valence-electron chi connectivity index (χ1n) is 7.07. The average Bonchev–Trinajstić information content (AvgIpc) is 2.48. The van der Waals surface area contributed by atoms with Crippen molar-refractivity contribution in [2.45, 2.75) is 32.5 Å². The molecule has 0 fully saturated rings. The lowest BCUT2D eigenvalue weighted by Gasteiger charge is -2.32. The molecule has 0 amide bonds. The summed E-state index contributed by atoms with van der Waals surface area (Å²) in [6, 6.07) is 5.87. The minimum absolute atomic E-state index is 0.153. The Balaban J connectivity index is 2.02. The van der Waals surface area contributed by atoms with E-state index in [1.807, 2.05) is 13.8 Å². The van der Waals surface area contributed by atoms with Crippen LogP contribution < -0.4 is 4.74 Å². The zero-order chi connectivity index (χ0) is 16.0. The van der Waals surface area contributed by atoms with Crippen LogP contribution in [0.1, 0.15) is 28.4 Å². The van der Waals surface area contributed by atoms with Gasteiger partial charge >= 0.3 is 0 Å². The Labute approximate surface area is 128 Å². The number of phenolic OH excluding ortho intramolecular Hbond substituents is 3. The van der Waals surface area contributed by atoms with Crippen molar-refractivity contribution in [1.29, 1.82) is 0 Å². The average molecular weight is 302 g/mol. The summed E-state index contributed by atoms with van der Waals surface area (Å²) in [6.45, 7) is 3.71. The van der Waals surface area contributed by atoms with Gasteiger partial charge in [0.15, 0.2) is 11.5 Å². The number of ether oxygens (including phenoxy) is 1. The minimum atomic E-state index is -0.779. The largest absolute Gasteiger partial charge is 0.508 e. The molecular formula is C17H18O5. The van der Waals surface area contributed by atoms with E-state index < -0.39 is 12.2 Å². The molecule has 0 radical (unpaired) electrons. The summed E-state index contributed by atoms with van der Waals surface area (Å²) in [5, 5.41) is 39.3. The number of benzene rings is 2. The highest BCUT2D eigenvalue weighted by atomic mass is 16.5. The molecule has 0 aromatic heterocycles. The lowest BCUT2D eigenvalue weighted by atomic mass is 9.90. The zero-order valence-electron chi connectivity index (χ0n) is 12.4. The van der Waals surface area contributed by atoms with Gasteiger partial charge in [-0.3, -0.25) is 0 Å². The van der Waals surface area contributed by atoms with Gasteiger partial charge in [-0.05, 0) is 42.7 Å². The van der Waals surface area contributed by atoms with Gasteiger partial charge in [0.2, 0.25) is 0 Å². The number of phenols is 3. The predicted octanol–water partition coefficient (Wildman–Crippen LogP) is 2.46. The maximum Gasteiger partial charge on any atom is 0.157 e. The van der Waals surface area contributed by atoms with E-state index in [1.165, 1.54) is 12.1 Å². The molecule has 1 aliphatic heterocycles. The maximum absolute atomic E-state index is 10.4. The molecule has 1 heterocycles. The van der Waals surface area contributed by atoms with E-state index in [4.69, 9.17) is 4.74 Å². The summed E-state index contributed by atoms with van der Waals surface area (Å²) in [5.41, 5.74) is 3.12. The third-order valence-corrected chi connectivity index (χ3v) is 4.31. The number of fused-ring (bicyclic) bond motifs is 1. The van der Waals surface area contributed by atoms with Crippen LogP contribution in [0.3, 0.4) is 0 Å². The number of aliphatic hydroxyl groups excluding tert-OH is 1. The van der Waals surface area contributed by atoms with Gasteiger partial charge in [-0.25, -0.2) is 0 Å². The van der Waals surface area contributed by atoms with Gasteiger partial charge in [0, 0.05) is 18.1 Å². The van der Waals surface area contributed by atoms with Crippen molar-refractivity contribution in [3.05, 3.63) is 46.5 Å². The monoisotopic (exact) mass is 302 g/mol. The normalized spacial score (nSPS) is 20.3. The van der Waals surface area contributed by atoms with Crippen molar-refractivity contribution < 1.29 is 25.2 Å². The summed E-state index contributed by atoms with van der Waals surface area (Å²) in [5.74, 6) is 0.198. The van der Waals surface area contributed by atoms with Crippen LogP contribution in [0.2, 0.25) is 0 Å². The fraction of sp³-hybridized carbons (Fsp3) is 0.294. The highest BCUT2D eigenvalue weighted by molar-refractivity contribution is 5.53. The molecule has 2 aromatic carbocycles. The van der Waals surface area contributed by atoms with Crippen molar-refractivity contribution in [2.75, 3.05) is 0 Å². The fourth-order valence-corrected chi connectivity index (χ4v) is 2.82. The third kappa shape index (κ3) is 2.23. The molecule has 5 heteroatoms. The van der Waals surface area contributed by atoms with Crippen molar-refractivity contribution >= 4 is 0 Å². The Hall–Kier alpha value is -2.40. The summed E-state index contributed by atoms with van der Waals surface area (Å²) < 4.78 is 5.84. The number of aliphatic hydroxyl groups is 1. The topological polar surface area (TPSA) is 90.2 Å². The molecule has 0 saturated carbocycles. The molecule has 1 aliphatic rings. The minimum Gasteiger partial charge on any atom is -0.508 e.